The molecule has 1 N–H and O–H groups in total. The van der Waals surface area contributed by atoms with Crippen LogP contribution in [-0.4, -0.2) is 20.5 Å². The predicted molar refractivity (Wildman–Crippen MR) is 84.2 cm³/mol. The van der Waals surface area contributed by atoms with E-state index in [9.17, 15) is 5.11 Å². The Morgan fingerprint density at radius 2 is 1.90 bits per heavy atom. The van der Waals surface area contributed by atoms with Crippen LogP contribution in [0.2, 0.25) is 0 Å². The Morgan fingerprint density at radius 1 is 1.24 bits per heavy atom. The quantitative estimate of drug-likeness (QED) is 0.938. The van der Waals surface area contributed by atoms with E-state index in [1.54, 1.807) is 0 Å². The number of hydrogen-bond donors (Lipinski definition) is 1. The van der Waals surface area contributed by atoms with Gasteiger partial charge in [-0.05, 0) is 50.2 Å². The largest absolute Gasteiger partial charge is 0.389 e. The number of aliphatic hydroxyl groups is 1. The minimum Gasteiger partial charge on any atom is -0.389 e. The molecule has 0 radical (unpaired) electrons. The number of benzene rings is 1. The zero-order chi connectivity index (χ0) is 14.9. The first-order valence-electron chi connectivity index (χ1n) is 7.83. The lowest BCUT2D eigenvalue weighted by molar-refractivity contribution is -0.00196. The van der Waals surface area contributed by atoms with E-state index >= 15 is 0 Å². The van der Waals surface area contributed by atoms with E-state index in [0.29, 0.717) is 12.3 Å². The van der Waals surface area contributed by atoms with Gasteiger partial charge in [-0.15, -0.1) is 0 Å². The highest BCUT2D eigenvalue weighted by atomic mass is 16.3. The zero-order valence-corrected chi connectivity index (χ0v) is 12.9. The lowest BCUT2D eigenvalue weighted by Gasteiger charge is -2.36. The molecule has 1 aliphatic carbocycles. The van der Waals surface area contributed by atoms with Crippen LogP contribution in [0.25, 0.3) is 0 Å². The van der Waals surface area contributed by atoms with Crippen molar-refractivity contribution in [2.24, 2.45) is 7.05 Å². The van der Waals surface area contributed by atoms with Gasteiger partial charge in [0.15, 0.2) is 0 Å². The van der Waals surface area contributed by atoms with Gasteiger partial charge in [0.25, 0.3) is 0 Å². The Kier molecular flexibility index (Phi) is 3.85. The van der Waals surface area contributed by atoms with Gasteiger partial charge in [-0.1, -0.05) is 30.3 Å². The summed E-state index contributed by atoms with van der Waals surface area (Å²) in [5.74, 6) is 0.597. The van der Waals surface area contributed by atoms with E-state index in [0.717, 1.165) is 37.1 Å². The summed E-state index contributed by atoms with van der Waals surface area (Å²) in [6, 6.07) is 12.8. The molecule has 1 fully saturated rings. The molecule has 1 aromatic carbocycles. The molecular weight excluding hydrogens is 260 g/mol. The molecule has 0 unspecified atom stereocenters. The summed E-state index contributed by atoms with van der Waals surface area (Å²) in [5, 5.41) is 15.3. The van der Waals surface area contributed by atoms with Crippen LogP contribution in [0.15, 0.2) is 36.4 Å². The number of rotatable bonds is 3. The molecule has 1 saturated carbocycles. The number of hydrogen-bond acceptors (Lipinski definition) is 2. The van der Waals surface area contributed by atoms with Crippen molar-refractivity contribution in [1.82, 2.24) is 9.78 Å². The molecule has 0 saturated heterocycles. The summed E-state index contributed by atoms with van der Waals surface area (Å²) in [6.07, 6.45) is 4.59. The molecule has 1 heterocycles. The van der Waals surface area contributed by atoms with Crippen LogP contribution in [0, 0.1) is 6.92 Å². The monoisotopic (exact) mass is 284 g/mol. The van der Waals surface area contributed by atoms with E-state index in [2.05, 4.69) is 41.5 Å². The van der Waals surface area contributed by atoms with Gasteiger partial charge < -0.3 is 5.11 Å². The molecular formula is C18H24N2O. The van der Waals surface area contributed by atoms with Crippen molar-refractivity contribution in [1.29, 1.82) is 0 Å². The second-order valence-electron chi connectivity index (χ2n) is 6.49. The predicted octanol–water partition coefficient (Wildman–Crippen LogP) is 3.36. The standard InChI is InChI=1S/C18H24N2O/c1-14-12-17(20(2)19-14)13-18(21)10-8-16(9-11-18)15-6-4-3-5-7-15/h3-7,12,16,21H,8-11,13H2,1-2H3. The Balaban J connectivity index is 1.65. The molecule has 2 aromatic rings. The highest BCUT2D eigenvalue weighted by Gasteiger charge is 2.34. The fraction of sp³-hybridized carbons (Fsp3) is 0.500. The third-order valence-electron chi connectivity index (χ3n) is 4.80. The molecule has 112 valence electrons. The molecule has 1 aliphatic rings. The maximum atomic E-state index is 10.9. The first-order chi connectivity index (χ1) is 10.1. The van der Waals surface area contributed by atoms with Gasteiger partial charge in [-0.25, -0.2) is 0 Å². The first-order valence-corrected chi connectivity index (χ1v) is 7.83. The normalized spacial score (nSPS) is 26.0. The van der Waals surface area contributed by atoms with E-state index < -0.39 is 5.60 Å². The maximum Gasteiger partial charge on any atom is 0.0703 e. The third kappa shape index (κ3) is 3.18. The van der Waals surface area contributed by atoms with Crippen molar-refractivity contribution in [3.63, 3.8) is 0 Å². The number of nitrogens with zero attached hydrogens (tertiary/aromatic N) is 2. The van der Waals surface area contributed by atoms with Gasteiger partial charge in [0.05, 0.1) is 11.3 Å². The Morgan fingerprint density at radius 3 is 2.48 bits per heavy atom. The summed E-state index contributed by atoms with van der Waals surface area (Å²) in [4.78, 5) is 0. The summed E-state index contributed by atoms with van der Waals surface area (Å²) in [5.41, 5.74) is 3.00. The molecule has 0 atom stereocenters. The summed E-state index contributed by atoms with van der Waals surface area (Å²) in [7, 11) is 1.96. The Labute approximate surface area is 126 Å². The fourth-order valence-corrected chi connectivity index (χ4v) is 3.56. The molecule has 0 spiro atoms. The van der Waals surface area contributed by atoms with Crippen LogP contribution in [0.3, 0.4) is 0 Å². The fourth-order valence-electron chi connectivity index (χ4n) is 3.56. The molecule has 3 heteroatoms. The molecule has 21 heavy (non-hydrogen) atoms. The highest BCUT2D eigenvalue weighted by Crippen LogP contribution is 2.39. The van der Waals surface area contributed by atoms with Gasteiger partial charge in [-0.2, -0.15) is 5.10 Å². The van der Waals surface area contributed by atoms with Gasteiger partial charge >= 0.3 is 0 Å². The zero-order valence-electron chi connectivity index (χ0n) is 12.9. The molecule has 0 amide bonds. The molecule has 3 rings (SSSR count). The average Bonchev–Trinajstić information content (AvgIpc) is 2.78. The second kappa shape index (κ2) is 5.64. The smallest absolute Gasteiger partial charge is 0.0703 e. The number of aromatic nitrogens is 2. The van der Waals surface area contributed by atoms with E-state index in [4.69, 9.17) is 0 Å². The van der Waals surface area contributed by atoms with Gasteiger partial charge in [0.2, 0.25) is 0 Å². The first kappa shape index (κ1) is 14.3. The van der Waals surface area contributed by atoms with Crippen molar-refractivity contribution >= 4 is 0 Å². The van der Waals surface area contributed by atoms with Crippen molar-refractivity contribution in [2.45, 2.75) is 50.5 Å². The molecule has 0 bridgehead atoms. The van der Waals surface area contributed by atoms with E-state index in [1.807, 2.05) is 18.7 Å². The minimum atomic E-state index is -0.564. The van der Waals surface area contributed by atoms with E-state index in [1.165, 1.54) is 5.56 Å². The minimum absolute atomic E-state index is 0.564. The van der Waals surface area contributed by atoms with Gasteiger partial charge in [-0.3, -0.25) is 4.68 Å². The lowest BCUT2D eigenvalue weighted by atomic mass is 9.74. The summed E-state index contributed by atoms with van der Waals surface area (Å²) >= 11 is 0. The van der Waals surface area contributed by atoms with Crippen LogP contribution >= 0.6 is 0 Å². The third-order valence-corrected chi connectivity index (χ3v) is 4.80. The van der Waals surface area contributed by atoms with Crippen LogP contribution in [-0.2, 0) is 13.5 Å². The van der Waals surface area contributed by atoms with Crippen LogP contribution < -0.4 is 0 Å². The van der Waals surface area contributed by atoms with Crippen molar-refractivity contribution < 1.29 is 5.11 Å². The Bertz CT molecular complexity index is 595. The van der Waals surface area contributed by atoms with Gasteiger partial charge in [0.1, 0.15) is 0 Å². The van der Waals surface area contributed by atoms with Crippen molar-refractivity contribution in [2.75, 3.05) is 0 Å². The van der Waals surface area contributed by atoms with Crippen molar-refractivity contribution in [3.05, 3.63) is 53.3 Å². The molecule has 1 aromatic heterocycles. The Hall–Kier alpha value is -1.61. The summed E-state index contributed by atoms with van der Waals surface area (Å²) in [6.45, 7) is 2.00. The van der Waals surface area contributed by atoms with Crippen LogP contribution in [0.4, 0.5) is 0 Å². The highest BCUT2D eigenvalue weighted by molar-refractivity contribution is 5.21. The maximum absolute atomic E-state index is 10.9. The van der Waals surface area contributed by atoms with Crippen LogP contribution in [0.1, 0.15) is 48.6 Å². The summed E-state index contributed by atoms with van der Waals surface area (Å²) < 4.78 is 1.90. The second-order valence-corrected chi connectivity index (χ2v) is 6.49. The molecule has 0 aliphatic heterocycles. The number of aryl methyl sites for hydroxylation is 2. The lowest BCUT2D eigenvalue weighted by Crippen LogP contribution is -2.36. The average molecular weight is 284 g/mol. The van der Waals surface area contributed by atoms with Crippen LogP contribution in [0.5, 0.6) is 0 Å². The molecule has 3 nitrogen and oxygen atoms in total. The van der Waals surface area contributed by atoms with Crippen molar-refractivity contribution in [3.8, 4) is 0 Å². The van der Waals surface area contributed by atoms with Gasteiger partial charge in [0, 0.05) is 19.2 Å². The van der Waals surface area contributed by atoms with E-state index in [-0.39, 0.29) is 0 Å². The SMILES string of the molecule is Cc1cc(CC2(O)CCC(c3ccccc3)CC2)n(C)n1. The topological polar surface area (TPSA) is 38.0 Å².